The molecule has 3 aromatic rings. The highest BCUT2D eigenvalue weighted by Gasteiger charge is 2.47. The third-order valence-electron chi connectivity index (χ3n) is 6.40. The van der Waals surface area contributed by atoms with Crippen LogP contribution in [0.5, 0.6) is 5.75 Å². The van der Waals surface area contributed by atoms with Gasteiger partial charge in [0, 0.05) is 22.9 Å². The maximum Gasteiger partial charge on any atom is 0.408 e. The number of nitrogens with zero attached hydrogens (tertiary/aromatic N) is 3. The van der Waals surface area contributed by atoms with Gasteiger partial charge in [-0.05, 0) is 41.8 Å². The highest BCUT2D eigenvalue weighted by atomic mass is 35.5. The molecule has 1 aromatic heterocycles. The maximum atomic E-state index is 14.5. The van der Waals surface area contributed by atoms with E-state index in [-0.39, 0.29) is 0 Å². The van der Waals surface area contributed by atoms with Gasteiger partial charge in [-0.1, -0.05) is 29.8 Å². The highest BCUT2D eigenvalue weighted by Crippen LogP contribution is 2.46. The first-order valence-corrected chi connectivity index (χ1v) is 12.1. The molecule has 0 radical (unpaired) electrons. The fraction of sp³-hybridized carbons (Fsp3) is 0.250. The number of aromatic hydroxyl groups is 1. The van der Waals surface area contributed by atoms with E-state index in [1.807, 2.05) is 0 Å². The Morgan fingerprint density at radius 3 is 2.61 bits per heavy atom. The summed E-state index contributed by atoms with van der Waals surface area (Å²) in [6, 6.07) is 7.14. The average Bonchev–Trinajstić information content (AvgIpc) is 2.98. The summed E-state index contributed by atoms with van der Waals surface area (Å²) >= 11 is 7.89. The zero-order valence-electron chi connectivity index (χ0n) is 18.6. The molecule has 0 bridgehead atoms. The van der Waals surface area contributed by atoms with E-state index in [1.54, 1.807) is 24.3 Å². The number of amides is 1. The Hall–Kier alpha value is -3.18. The lowest BCUT2D eigenvalue weighted by Gasteiger charge is -2.46. The third-order valence-corrected chi connectivity index (χ3v) is 8.02. The van der Waals surface area contributed by atoms with Crippen molar-refractivity contribution in [1.29, 1.82) is 0 Å². The van der Waals surface area contributed by atoms with E-state index >= 15 is 0 Å². The second kappa shape index (κ2) is 8.74. The van der Waals surface area contributed by atoms with Crippen LogP contribution in [0.1, 0.15) is 40.1 Å². The summed E-state index contributed by atoms with van der Waals surface area (Å²) in [7, 11) is 0. The van der Waals surface area contributed by atoms with Crippen LogP contribution in [0.4, 0.5) is 17.6 Å². The molecule has 36 heavy (non-hydrogen) atoms. The summed E-state index contributed by atoms with van der Waals surface area (Å²) in [6.45, 7) is 0.261. The van der Waals surface area contributed by atoms with Gasteiger partial charge in [0.25, 0.3) is 5.91 Å². The molecule has 0 saturated heterocycles. The molecule has 12 heteroatoms. The number of pyridine rings is 1. The Morgan fingerprint density at radius 1 is 1.14 bits per heavy atom. The zero-order valence-corrected chi connectivity index (χ0v) is 20.2. The topological polar surface area (TPSA) is 65.8 Å². The summed E-state index contributed by atoms with van der Waals surface area (Å²) < 4.78 is 57.0. The molecule has 2 aliphatic rings. The Kier molecular flexibility index (Phi) is 5.95. The Morgan fingerprint density at radius 2 is 1.89 bits per heavy atom. The molecule has 2 aromatic carbocycles. The van der Waals surface area contributed by atoms with E-state index < -0.39 is 53.5 Å². The van der Waals surface area contributed by atoms with Gasteiger partial charge >= 0.3 is 6.18 Å². The predicted octanol–water partition coefficient (Wildman–Crippen LogP) is 5.04. The maximum absolute atomic E-state index is 14.5. The van der Waals surface area contributed by atoms with Gasteiger partial charge in [-0.25, -0.2) is 4.39 Å². The van der Waals surface area contributed by atoms with Crippen LogP contribution in [0.25, 0.3) is 0 Å². The van der Waals surface area contributed by atoms with Crippen molar-refractivity contribution in [2.24, 2.45) is 0 Å². The van der Waals surface area contributed by atoms with E-state index in [1.165, 1.54) is 39.8 Å². The van der Waals surface area contributed by atoms with Crippen LogP contribution in [0, 0.1) is 5.82 Å². The van der Waals surface area contributed by atoms with Crippen molar-refractivity contribution < 1.29 is 27.5 Å². The van der Waals surface area contributed by atoms with Crippen LogP contribution in [-0.2, 0) is 5.75 Å². The minimum Gasteiger partial charge on any atom is -0.502 e. The van der Waals surface area contributed by atoms with Gasteiger partial charge in [-0.15, -0.1) is 11.8 Å². The number of alkyl halides is 3. The fourth-order valence-corrected chi connectivity index (χ4v) is 5.98. The molecule has 1 N–H and O–H groups in total. The molecule has 2 atom stereocenters. The first-order chi connectivity index (χ1) is 17.0. The summed E-state index contributed by atoms with van der Waals surface area (Å²) in [4.78, 5) is 26.5. The average molecular weight is 540 g/mol. The van der Waals surface area contributed by atoms with Crippen LogP contribution >= 0.6 is 23.4 Å². The van der Waals surface area contributed by atoms with Gasteiger partial charge in [-0.3, -0.25) is 19.3 Å². The third kappa shape index (κ3) is 3.90. The number of thioether (sulfide) groups is 1. The molecular weight excluding hydrogens is 522 g/mol. The molecule has 1 amide bonds. The number of hydrogen-bond acceptors (Lipinski definition) is 5. The smallest absolute Gasteiger partial charge is 0.408 e. The van der Waals surface area contributed by atoms with Crippen molar-refractivity contribution >= 4 is 29.3 Å². The van der Waals surface area contributed by atoms with E-state index in [4.69, 9.17) is 11.6 Å². The Labute approximate surface area is 211 Å². The predicted molar refractivity (Wildman–Crippen MR) is 126 cm³/mol. The highest BCUT2D eigenvalue weighted by molar-refractivity contribution is 7.98. The van der Waals surface area contributed by atoms with Crippen molar-refractivity contribution in [1.82, 2.24) is 9.58 Å². The SMILES string of the molecule is C[C@@H](N1CN(C2c3cc(F)ccc3CSc3c(Cl)cccc32)n2ccc(=O)c(O)c2C1=O)C(F)(F)F. The molecule has 3 heterocycles. The number of halogens is 5. The van der Waals surface area contributed by atoms with Crippen molar-refractivity contribution in [2.45, 2.75) is 35.8 Å². The van der Waals surface area contributed by atoms with Crippen LogP contribution in [0.15, 0.2) is 58.4 Å². The van der Waals surface area contributed by atoms with Gasteiger partial charge in [0.05, 0.1) is 11.1 Å². The molecule has 1 unspecified atom stereocenters. The molecule has 0 fully saturated rings. The number of carbonyl (C=O) groups is 1. The lowest BCUT2D eigenvalue weighted by atomic mass is 9.94. The van der Waals surface area contributed by atoms with Crippen LogP contribution in [0.3, 0.4) is 0 Å². The Balaban J connectivity index is 1.80. The van der Waals surface area contributed by atoms with Crippen molar-refractivity contribution in [3.63, 3.8) is 0 Å². The number of carbonyl (C=O) groups excluding carboxylic acids is 1. The summed E-state index contributed by atoms with van der Waals surface area (Å²) in [6.07, 6.45) is -3.56. The first kappa shape index (κ1) is 24.5. The van der Waals surface area contributed by atoms with Gasteiger partial charge < -0.3 is 10.0 Å². The van der Waals surface area contributed by atoms with Crippen LogP contribution in [-0.4, -0.2) is 39.5 Å². The first-order valence-electron chi connectivity index (χ1n) is 10.8. The number of aromatic nitrogens is 1. The number of rotatable bonds is 2. The second-order valence-corrected chi connectivity index (χ2v) is 9.88. The van der Waals surface area contributed by atoms with Crippen molar-refractivity contribution in [3.05, 3.63) is 92.1 Å². The van der Waals surface area contributed by atoms with Crippen LogP contribution < -0.4 is 10.4 Å². The monoisotopic (exact) mass is 539 g/mol. The molecule has 0 saturated carbocycles. The normalized spacial score (nSPS) is 18.3. The molecule has 0 spiro atoms. The van der Waals surface area contributed by atoms with E-state index in [2.05, 4.69) is 0 Å². The quantitative estimate of drug-likeness (QED) is 0.462. The van der Waals surface area contributed by atoms with E-state index in [9.17, 15) is 32.3 Å². The fourth-order valence-electron chi connectivity index (χ4n) is 4.52. The van der Waals surface area contributed by atoms with Crippen molar-refractivity contribution in [2.75, 3.05) is 11.7 Å². The molecule has 188 valence electrons. The molecule has 5 rings (SSSR count). The summed E-state index contributed by atoms with van der Waals surface area (Å²) in [5, 5.41) is 12.3. The number of fused-ring (bicyclic) bond motifs is 3. The van der Waals surface area contributed by atoms with Gasteiger partial charge in [0.1, 0.15) is 18.5 Å². The van der Waals surface area contributed by atoms with E-state index in [0.29, 0.717) is 31.7 Å². The number of benzene rings is 2. The van der Waals surface area contributed by atoms with Crippen LogP contribution in [0.2, 0.25) is 5.02 Å². The zero-order chi connectivity index (χ0) is 25.9. The Bertz CT molecular complexity index is 1440. The molecular formula is C24H18ClF4N3O3S. The van der Waals surface area contributed by atoms with Gasteiger partial charge in [-0.2, -0.15) is 13.2 Å². The van der Waals surface area contributed by atoms with Crippen molar-refractivity contribution in [3.8, 4) is 5.75 Å². The molecule has 6 nitrogen and oxygen atoms in total. The lowest BCUT2D eigenvalue weighted by molar-refractivity contribution is -0.173. The van der Waals surface area contributed by atoms with Gasteiger partial charge in [0.15, 0.2) is 11.4 Å². The molecule has 0 aliphatic carbocycles. The van der Waals surface area contributed by atoms with E-state index in [0.717, 1.165) is 18.6 Å². The van der Waals surface area contributed by atoms with Gasteiger partial charge in [0.2, 0.25) is 5.43 Å². The minimum absolute atomic E-state index is 0.410. The minimum atomic E-state index is -4.78. The summed E-state index contributed by atoms with van der Waals surface area (Å²) in [5.41, 5.74) is 0.236. The lowest BCUT2D eigenvalue weighted by Crippen LogP contribution is -2.60. The molecule has 2 aliphatic heterocycles. The standard InChI is InChI=1S/C24H18ClF4N3O3S/c1-12(24(27,28)29)30-11-32(31-8-7-18(33)21(34)20(31)23(30)35)19-15-3-2-4-17(25)22(15)36-10-13-5-6-14(26)9-16(13)19/h2-9,12,19,34H,10-11H2,1H3/t12-,19?/m1/s1. The second-order valence-electron chi connectivity index (χ2n) is 8.49. The number of hydrogen-bond donors (Lipinski definition) is 1. The summed E-state index contributed by atoms with van der Waals surface area (Å²) in [5.74, 6) is -2.26. The largest absolute Gasteiger partial charge is 0.502 e.